The van der Waals surface area contributed by atoms with Crippen LogP contribution in [0.15, 0.2) is 36.7 Å². The molecule has 0 radical (unpaired) electrons. The zero-order valence-corrected chi connectivity index (χ0v) is 22.2. The van der Waals surface area contributed by atoms with Gasteiger partial charge in [0.15, 0.2) is 18.3 Å². The Labute approximate surface area is 240 Å². The van der Waals surface area contributed by atoms with Gasteiger partial charge in [0.05, 0.1) is 28.2 Å². The van der Waals surface area contributed by atoms with Crippen LogP contribution >= 0.6 is 0 Å². The number of H-pyrrole nitrogens is 2. The van der Waals surface area contributed by atoms with E-state index in [9.17, 15) is 32.7 Å². The minimum Gasteiger partial charge on any atom is -0.481 e. The Bertz CT molecular complexity index is 2010. The molecular weight excluding hydrogens is 568 g/mol. The fraction of sp³-hybridized carbons (Fsp3) is 0.233. The Hall–Kier alpha value is -4.86. The zero-order valence-electron chi connectivity index (χ0n) is 22.2. The number of anilines is 1. The van der Waals surface area contributed by atoms with Crippen LogP contribution in [0.5, 0.6) is 0 Å². The van der Waals surface area contributed by atoms with Crippen molar-refractivity contribution < 1.29 is 31.9 Å². The lowest BCUT2D eigenvalue weighted by atomic mass is 9.28. The molecule has 2 bridgehead atoms. The van der Waals surface area contributed by atoms with Crippen molar-refractivity contribution in [3.8, 4) is 28.5 Å². The third kappa shape index (κ3) is 4.15. The van der Waals surface area contributed by atoms with E-state index in [-0.39, 0.29) is 68.2 Å². The second-order valence-corrected chi connectivity index (χ2v) is 11.2. The van der Waals surface area contributed by atoms with Gasteiger partial charge in [-0.2, -0.15) is 5.26 Å². The molecule has 13 heteroatoms. The predicted molar refractivity (Wildman–Crippen MR) is 150 cm³/mol. The number of nitriles is 1. The van der Waals surface area contributed by atoms with Gasteiger partial charge in [0, 0.05) is 57.9 Å². The summed E-state index contributed by atoms with van der Waals surface area (Å²) in [6.45, 7) is -0.0811. The number of aromatic amines is 2. The predicted octanol–water partition coefficient (Wildman–Crippen LogP) is 6.88. The number of nitrogens with zero attached hydrogens (tertiary/aromatic N) is 2. The molecule has 7 nitrogen and oxygen atoms in total. The van der Waals surface area contributed by atoms with Crippen molar-refractivity contribution in [3.05, 3.63) is 71.3 Å². The van der Waals surface area contributed by atoms with Crippen LogP contribution in [0.1, 0.15) is 18.4 Å². The van der Waals surface area contributed by atoms with Gasteiger partial charge in [-0.15, -0.1) is 0 Å². The highest BCUT2D eigenvalue weighted by Crippen LogP contribution is 2.45. The smallest absolute Gasteiger partial charge is 0.308 e. The van der Waals surface area contributed by atoms with E-state index >= 15 is 4.39 Å². The summed E-state index contributed by atoms with van der Waals surface area (Å²) in [5.74, 6) is -7.70. The van der Waals surface area contributed by atoms with E-state index in [0.29, 0.717) is 12.1 Å². The van der Waals surface area contributed by atoms with Crippen LogP contribution < -0.4 is 5.32 Å². The van der Waals surface area contributed by atoms with Gasteiger partial charge in [-0.1, -0.05) is 25.5 Å². The van der Waals surface area contributed by atoms with E-state index in [4.69, 9.17) is 0 Å². The molecule has 3 aliphatic heterocycles. The highest BCUT2D eigenvalue weighted by Gasteiger charge is 2.49. The summed E-state index contributed by atoms with van der Waals surface area (Å²) in [4.78, 5) is 22.1. The number of hydrogen-bond donors (Lipinski definition) is 4. The molecular formula is C30H21BF5N5O2. The van der Waals surface area contributed by atoms with E-state index in [2.05, 4.69) is 20.3 Å². The van der Waals surface area contributed by atoms with Gasteiger partial charge in [0.2, 0.25) is 0 Å². The topological polar surface area (TPSA) is 118 Å². The molecule has 8 rings (SSSR count). The molecule has 0 amide bonds. The average Bonchev–Trinajstić information content (AvgIpc) is 3.59. The molecule has 3 aromatic heterocycles. The normalized spacial score (nSPS) is 19.7. The summed E-state index contributed by atoms with van der Waals surface area (Å²) in [6.07, 6.45) is 5.49. The first-order valence-corrected chi connectivity index (χ1v) is 13.7. The van der Waals surface area contributed by atoms with Gasteiger partial charge in [-0.3, -0.25) is 4.79 Å². The standard InChI is InChI=1S/C30H21BF5N5O2/c32-13-5-15-18(10-38-26(15)20(34)7-13)23-17(9-37)25(19-11-39-27-16(19)6-14(33)8-21(27)35)40-29(24(23)36)41-28-22(30(42)43)12-1-3-31(28)4-2-12/h5-8,10-12,22,28,38-39H,1-4H2,(H,40,41)(H,42,43). The van der Waals surface area contributed by atoms with Gasteiger partial charge in [-0.05, 0) is 18.1 Å². The quantitative estimate of drug-likeness (QED) is 0.132. The number of aliphatic carboxylic acids is 1. The fourth-order valence-corrected chi connectivity index (χ4v) is 7.10. The number of benzene rings is 2. The van der Waals surface area contributed by atoms with E-state index in [1.807, 2.05) is 6.07 Å². The van der Waals surface area contributed by atoms with Crippen LogP contribution in [0.4, 0.5) is 27.8 Å². The van der Waals surface area contributed by atoms with Gasteiger partial charge in [0.25, 0.3) is 0 Å². The number of carbonyl (C=O) groups is 1. The van der Waals surface area contributed by atoms with Crippen LogP contribution in [0, 0.1) is 52.3 Å². The molecule has 2 atom stereocenters. The Kier molecular flexibility index (Phi) is 6.19. The Morgan fingerprint density at radius 3 is 2.12 bits per heavy atom. The maximum absolute atomic E-state index is 16.6. The molecule has 4 N–H and O–H groups in total. The van der Waals surface area contributed by atoms with Crippen molar-refractivity contribution >= 4 is 40.3 Å². The van der Waals surface area contributed by atoms with Crippen LogP contribution in [-0.4, -0.2) is 38.7 Å². The maximum Gasteiger partial charge on any atom is 0.308 e. The van der Waals surface area contributed by atoms with Crippen molar-refractivity contribution in [3.63, 3.8) is 0 Å². The number of aromatic nitrogens is 3. The maximum atomic E-state index is 16.6. The minimum absolute atomic E-state index is 0.0289. The van der Waals surface area contributed by atoms with Crippen LogP contribution in [0.3, 0.4) is 0 Å². The number of rotatable bonds is 5. The molecule has 0 spiro atoms. The largest absolute Gasteiger partial charge is 0.481 e. The summed E-state index contributed by atoms with van der Waals surface area (Å²) in [6, 6.07) is 5.31. The molecule has 6 heterocycles. The number of carboxylic acid groups (broad SMARTS) is 1. The number of hydrogen-bond acceptors (Lipinski definition) is 4. The number of fused-ring (bicyclic) bond motifs is 5. The van der Waals surface area contributed by atoms with Crippen LogP contribution in [0.25, 0.3) is 44.2 Å². The number of halogens is 5. The van der Waals surface area contributed by atoms with E-state index in [1.54, 1.807) is 0 Å². The molecule has 2 unspecified atom stereocenters. The number of carboxylic acids is 1. The first kappa shape index (κ1) is 27.0. The Morgan fingerprint density at radius 1 is 0.953 bits per heavy atom. The van der Waals surface area contributed by atoms with Gasteiger partial charge in [-0.25, -0.2) is 26.9 Å². The number of nitrogens with one attached hydrogen (secondary N) is 3. The molecule has 3 fully saturated rings. The summed E-state index contributed by atoms with van der Waals surface area (Å²) >= 11 is 0. The summed E-state index contributed by atoms with van der Waals surface area (Å²) in [5.41, 5.74) is -1.03. The third-order valence-electron chi connectivity index (χ3n) is 8.99. The first-order chi connectivity index (χ1) is 20.7. The van der Waals surface area contributed by atoms with Crippen LogP contribution in [0.2, 0.25) is 12.6 Å². The van der Waals surface area contributed by atoms with Gasteiger partial charge < -0.3 is 20.4 Å². The first-order valence-electron chi connectivity index (χ1n) is 13.7. The summed E-state index contributed by atoms with van der Waals surface area (Å²) in [7, 11) is 0. The Balaban J connectivity index is 1.51. The van der Waals surface area contributed by atoms with E-state index in [0.717, 1.165) is 37.6 Å². The average molecular weight is 589 g/mol. The lowest BCUT2D eigenvalue weighted by Crippen LogP contribution is -2.56. The third-order valence-corrected chi connectivity index (χ3v) is 8.99. The fourth-order valence-electron chi connectivity index (χ4n) is 7.10. The monoisotopic (exact) mass is 589 g/mol. The Morgan fingerprint density at radius 2 is 1.53 bits per heavy atom. The lowest BCUT2D eigenvalue weighted by Gasteiger charge is -2.45. The van der Waals surface area contributed by atoms with E-state index in [1.165, 1.54) is 12.4 Å². The van der Waals surface area contributed by atoms with Crippen LogP contribution in [-0.2, 0) is 4.79 Å². The summed E-state index contributed by atoms with van der Waals surface area (Å²) < 4.78 is 74.5. The SMILES string of the molecule is N#Cc1c(-c2c[nH]c3c(F)cc(F)cc23)nc(NC2B3CCC(CC3)C2C(=O)O)c(F)c1-c1c[nH]c2c(F)cc(F)cc12. The molecule has 5 aromatic rings. The van der Waals surface area contributed by atoms with Crippen molar-refractivity contribution in [2.24, 2.45) is 11.8 Å². The molecule has 3 aliphatic rings. The van der Waals surface area contributed by atoms with Crippen molar-refractivity contribution in [2.45, 2.75) is 31.4 Å². The van der Waals surface area contributed by atoms with E-state index < -0.39 is 46.9 Å². The van der Waals surface area contributed by atoms with Gasteiger partial charge in [0.1, 0.15) is 29.3 Å². The molecule has 43 heavy (non-hydrogen) atoms. The van der Waals surface area contributed by atoms with Crippen molar-refractivity contribution in [1.29, 1.82) is 5.26 Å². The highest BCUT2D eigenvalue weighted by atomic mass is 19.1. The zero-order chi connectivity index (χ0) is 30.2. The second-order valence-electron chi connectivity index (χ2n) is 11.2. The molecule has 0 saturated carbocycles. The molecule has 0 aliphatic carbocycles. The summed E-state index contributed by atoms with van der Waals surface area (Å²) in [5, 5.41) is 23.4. The number of pyridine rings is 1. The minimum atomic E-state index is -1.03. The van der Waals surface area contributed by atoms with Crippen molar-refractivity contribution in [1.82, 2.24) is 15.0 Å². The molecule has 3 saturated heterocycles. The molecule has 2 aromatic carbocycles. The molecule has 216 valence electrons. The second kappa shape index (κ2) is 9.86. The lowest BCUT2D eigenvalue weighted by molar-refractivity contribution is -0.144. The van der Waals surface area contributed by atoms with Gasteiger partial charge >= 0.3 is 5.97 Å². The highest BCUT2D eigenvalue weighted by molar-refractivity contribution is 6.62. The van der Waals surface area contributed by atoms with Crippen molar-refractivity contribution in [2.75, 3.05) is 5.32 Å².